The molecule has 0 bridgehead atoms. The van der Waals surface area contributed by atoms with Gasteiger partial charge in [-0.2, -0.15) is 0 Å². The van der Waals surface area contributed by atoms with Crippen LogP contribution in [0.25, 0.3) is 0 Å². The van der Waals surface area contributed by atoms with Crippen LogP contribution in [0.4, 0.5) is 0 Å². The number of hydrogen-bond acceptors (Lipinski definition) is 0. The van der Waals surface area contributed by atoms with Crippen molar-refractivity contribution in [2.24, 2.45) is 35.0 Å². The fourth-order valence-corrected chi connectivity index (χ4v) is 3.91. The third-order valence-electron chi connectivity index (χ3n) is 6.07. The van der Waals surface area contributed by atoms with Gasteiger partial charge in [0.2, 0.25) is 0 Å². The van der Waals surface area contributed by atoms with Crippen molar-refractivity contribution in [2.45, 2.75) is 107 Å². The average Bonchev–Trinajstić information content (AvgIpc) is 2.41. The monoisotopic (exact) mass is 310 g/mol. The van der Waals surface area contributed by atoms with E-state index in [9.17, 15) is 0 Å². The molecule has 0 amide bonds. The Kier molecular flexibility index (Phi) is 10.7. The minimum Gasteiger partial charge on any atom is -0.0651 e. The summed E-state index contributed by atoms with van der Waals surface area (Å²) in [6.45, 7) is 21.8. The molecule has 0 rings (SSSR count). The summed E-state index contributed by atoms with van der Waals surface area (Å²) in [7, 11) is 0. The standard InChI is InChI=1S/C22H46/c1-10-18(4)19(5)13-11-12-14-22(8,9)16-21(7)20(6)15-17(2)3/h17-21H,10-16H2,1-9H3. The second kappa shape index (κ2) is 10.7. The van der Waals surface area contributed by atoms with E-state index in [1.165, 1.54) is 44.9 Å². The molecule has 4 atom stereocenters. The van der Waals surface area contributed by atoms with E-state index in [-0.39, 0.29) is 0 Å². The van der Waals surface area contributed by atoms with Crippen LogP contribution in [0.2, 0.25) is 0 Å². The van der Waals surface area contributed by atoms with Crippen LogP contribution in [-0.4, -0.2) is 0 Å². The third kappa shape index (κ3) is 9.90. The van der Waals surface area contributed by atoms with Crippen LogP contribution in [0.1, 0.15) is 107 Å². The molecule has 0 radical (unpaired) electrons. The summed E-state index contributed by atoms with van der Waals surface area (Å²) >= 11 is 0. The zero-order valence-electron chi connectivity index (χ0n) is 17.3. The zero-order valence-corrected chi connectivity index (χ0v) is 17.3. The van der Waals surface area contributed by atoms with Crippen LogP contribution >= 0.6 is 0 Å². The fraction of sp³-hybridized carbons (Fsp3) is 1.00. The fourth-order valence-electron chi connectivity index (χ4n) is 3.91. The lowest BCUT2D eigenvalue weighted by atomic mass is 9.74. The molecule has 0 spiro atoms. The van der Waals surface area contributed by atoms with Gasteiger partial charge in [-0.25, -0.2) is 0 Å². The molecular formula is C22H46. The van der Waals surface area contributed by atoms with Crippen molar-refractivity contribution < 1.29 is 0 Å². The molecule has 4 unspecified atom stereocenters. The van der Waals surface area contributed by atoms with Gasteiger partial charge in [-0.3, -0.25) is 0 Å². The van der Waals surface area contributed by atoms with Crippen LogP contribution in [0.15, 0.2) is 0 Å². The van der Waals surface area contributed by atoms with Gasteiger partial charge in [0, 0.05) is 0 Å². The van der Waals surface area contributed by atoms with Gasteiger partial charge in [0.05, 0.1) is 0 Å². The van der Waals surface area contributed by atoms with Crippen molar-refractivity contribution in [2.75, 3.05) is 0 Å². The first-order valence-electron chi connectivity index (χ1n) is 10.1. The molecule has 0 nitrogen and oxygen atoms in total. The summed E-state index contributed by atoms with van der Waals surface area (Å²) in [5, 5.41) is 0. The summed E-state index contributed by atoms with van der Waals surface area (Å²) in [6, 6.07) is 0. The normalized spacial score (nSPS) is 18.3. The van der Waals surface area contributed by atoms with Crippen molar-refractivity contribution in [1.29, 1.82) is 0 Å². The highest BCUT2D eigenvalue weighted by Crippen LogP contribution is 2.36. The predicted molar refractivity (Wildman–Crippen MR) is 103 cm³/mol. The van der Waals surface area contributed by atoms with Crippen molar-refractivity contribution in [3.63, 3.8) is 0 Å². The van der Waals surface area contributed by atoms with E-state index in [1.807, 2.05) is 0 Å². The zero-order chi connectivity index (χ0) is 17.3. The summed E-state index contributed by atoms with van der Waals surface area (Å²) in [6.07, 6.45) is 9.76. The second-order valence-electron chi connectivity index (χ2n) is 9.56. The Morgan fingerprint density at radius 3 is 1.82 bits per heavy atom. The average molecular weight is 311 g/mol. The molecule has 0 heterocycles. The highest BCUT2D eigenvalue weighted by Gasteiger charge is 2.24. The molecule has 0 aromatic heterocycles. The van der Waals surface area contributed by atoms with Crippen LogP contribution in [-0.2, 0) is 0 Å². The topological polar surface area (TPSA) is 0 Å². The Balaban J connectivity index is 4.03. The Hall–Kier alpha value is 0. The molecule has 0 aliphatic rings. The van der Waals surface area contributed by atoms with Crippen LogP contribution in [0.3, 0.4) is 0 Å². The molecule has 0 saturated carbocycles. The summed E-state index contributed by atoms with van der Waals surface area (Å²) < 4.78 is 0. The lowest BCUT2D eigenvalue weighted by Gasteiger charge is -2.32. The lowest BCUT2D eigenvalue weighted by Crippen LogP contribution is -2.21. The number of rotatable bonds is 12. The van der Waals surface area contributed by atoms with Gasteiger partial charge in [-0.15, -0.1) is 0 Å². The van der Waals surface area contributed by atoms with E-state index in [0.29, 0.717) is 5.41 Å². The van der Waals surface area contributed by atoms with E-state index in [2.05, 4.69) is 62.3 Å². The van der Waals surface area contributed by atoms with E-state index in [1.54, 1.807) is 0 Å². The molecule has 0 heteroatoms. The maximum Gasteiger partial charge on any atom is -0.0352 e. The first-order valence-corrected chi connectivity index (χ1v) is 10.1. The van der Waals surface area contributed by atoms with Crippen LogP contribution < -0.4 is 0 Å². The van der Waals surface area contributed by atoms with E-state index < -0.39 is 0 Å². The first kappa shape index (κ1) is 22.0. The quantitative estimate of drug-likeness (QED) is 0.321. The van der Waals surface area contributed by atoms with E-state index in [4.69, 9.17) is 0 Å². The SMILES string of the molecule is CCC(C)C(C)CCCCC(C)(C)CC(C)C(C)CC(C)C. The molecule has 134 valence electrons. The minimum absolute atomic E-state index is 0.518. The van der Waals surface area contributed by atoms with Crippen molar-refractivity contribution in [3.05, 3.63) is 0 Å². The Morgan fingerprint density at radius 1 is 0.727 bits per heavy atom. The Bertz CT molecular complexity index is 263. The molecule has 0 aliphatic carbocycles. The largest absolute Gasteiger partial charge is 0.0651 e. The summed E-state index contributed by atoms with van der Waals surface area (Å²) in [4.78, 5) is 0. The highest BCUT2D eigenvalue weighted by atomic mass is 14.3. The van der Waals surface area contributed by atoms with Gasteiger partial charge in [0.25, 0.3) is 0 Å². The smallest absolute Gasteiger partial charge is 0.0352 e. The third-order valence-corrected chi connectivity index (χ3v) is 6.07. The van der Waals surface area contributed by atoms with Gasteiger partial charge in [0.15, 0.2) is 0 Å². The molecule has 0 saturated heterocycles. The first-order chi connectivity index (χ1) is 10.1. The molecule has 0 aromatic rings. The maximum absolute atomic E-state index is 2.49. The lowest BCUT2D eigenvalue weighted by molar-refractivity contribution is 0.194. The molecule has 0 fully saturated rings. The van der Waals surface area contributed by atoms with Crippen LogP contribution in [0.5, 0.6) is 0 Å². The highest BCUT2D eigenvalue weighted by molar-refractivity contribution is 4.75. The minimum atomic E-state index is 0.518. The van der Waals surface area contributed by atoms with E-state index in [0.717, 1.165) is 29.6 Å². The van der Waals surface area contributed by atoms with Gasteiger partial charge < -0.3 is 0 Å². The van der Waals surface area contributed by atoms with Crippen LogP contribution in [0, 0.1) is 35.0 Å². The summed E-state index contributed by atoms with van der Waals surface area (Å²) in [5.41, 5.74) is 0.518. The van der Waals surface area contributed by atoms with Crippen molar-refractivity contribution in [1.82, 2.24) is 0 Å². The van der Waals surface area contributed by atoms with Gasteiger partial charge >= 0.3 is 0 Å². The van der Waals surface area contributed by atoms with E-state index >= 15 is 0 Å². The predicted octanol–water partition coefficient (Wildman–Crippen LogP) is 7.96. The molecule has 0 aliphatic heterocycles. The second-order valence-corrected chi connectivity index (χ2v) is 9.56. The number of hydrogen-bond donors (Lipinski definition) is 0. The molecule has 22 heavy (non-hydrogen) atoms. The Labute approximate surface area is 142 Å². The van der Waals surface area contributed by atoms with Gasteiger partial charge in [-0.1, -0.05) is 88.0 Å². The van der Waals surface area contributed by atoms with Crippen molar-refractivity contribution in [3.8, 4) is 0 Å². The maximum atomic E-state index is 2.49. The number of unbranched alkanes of at least 4 members (excludes halogenated alkanes) is 1. The van der Waals surface area contributed by atoms with Crippen molar-refractivity contribution >= 4 is 0 Å². The summed E-state index contributed by atoms with van der Waals surface area (Å²) in [5.74, 6) is 4.35. The Morgan fingerprint density at radius 2 is 1.32 bits per heavy atom. The van der Waals surface area contributed by atoms with Gasteiger partial charge in [-0.05, 0) is 54.3 Å². The molecular weight excluding hydrogens is 264 g/mol. The molecule has 0 N–H and O–H groups in total. The molecule has 0 aromatic carbocycles. The van der Waals surface area contributed by atoms with Gasteiger partial charge in [0.1, 0.15) is 0 Å².